The zero-order valence-electron chi connectivity index (χ0n) is 10.8. The number of carboxylic acids is 1. The molecule has 7 heteroatoms. The first kappa shape index (κ1) is 15.5. The van der Waals surface area contributed by atoms with E-state index in [1.165, 1.54) is 4.31 Å². The number of benzene rings is 1. The van der Waals surface area contributed by atoms with Crippen molar-refractivity contribution >= 4 is 31.9 Å². The Morgan fingerprint density at radius 3 is 2.75 bits per heavy atom. The van der Waals surface area contributed by atoms with Gasteiger partial charge in [0, 0.05) is 24.0 Å². The van der Waals surface area contributed by atoms with Gasteiger partial charge >= 0.3 is 5.97 Å². The second-order valence-corrected chi connectivity index (χ2v) is 7.64. The van der Waals surface area contributed by atoms with Gasteiger partial charge in [0.05, 0.1) is 4.90 Å². The van der Waals surface area contributed by atoms with Gasteiger partial charge in [0.15, 0.2) is 0 Å². The van der Waals surface area contributed by atoms with Crippen molar-refractivity contribution in [2.45, 2.75) is 24.2 Å². The molecule has 0 spiro atoms. The van der Waals surface area contributed by atoms with Crippen LogP contribution >= 0.6 is 15.9 Å². The number of halogens is 1. The lowest BCUT2D eigenvalue weighted by Gasteiger charge is -2.17. The quantitative estimate of drug-likeness (QED) is 0.873. The molecule has 0 radical (unpaired) electrons. The monoisotopic (exact) mass is 361 g/mol. The molecule has 20 heavy (non-hydrogen) atoms. The molecule has 0 aromatic heterocycles. The van der Waals surface area contributed by atoms with Gasteiger partial charge in [-0.15, -0.1) is 0 Å². The zero-order valence-corrected chi connectivity index (χ0v) is 13.2. The molecule has 1 aromatic rings. The maximum atomic E-state index is 12.5. The van der Waals surface area contributed by atoms with Gasteiger partial charge < -0.3 is 5.11 Å². The minimum Gasteiger partial charge on any atom is -0.481 e. The highest BCUT2D eigenvalue weighted by Gasteiger charge is 2.33. The molecule has 1 atom stereocenters. The van der Waals surface area contributed by atoms with Crippen molar-refractivity contribution in [3.05, 3.63) is 28.7 Å². The van der Waals surface area contributed by atoms with Crippen LogP contribution in [0.2, 0.25) is 0 Å². The van der Waals surface area contributed by atoms with Crippen LogP contribution in [0.5, 0.6) is 0 Å². The largest absolute Gasteiger partial charge is 0.481 e. The second kappa shape index (κ2) is 6.24. The fourth-order valence-corrected chi connectivity index (χ4v) is 4.87. The molecular formula is C13H16BrNO4S. The molecule has 1 unspecified atom stereocenters. The van der Waals surface area contributed by atoms with Gasteiger partial charge in [-0.1, -0.05) is 12.1 Å². The Kier molecular flexibility index (Phi) is 4.82. The first-order valence-electron chi connectivity index (χ1n) is 6.37. The molecule has 5 nitrogen and oxygen atoms in total. The predicted octanol–water partition coefficient (Wildman–Crippen LogP) is 2.32. The lowest BCUT2D eigenvalue weighted by molar-refractivity contribution is -0.137. The summed E-state index contributed by atoms with van der Waals surface area (Å²) in [6.07, 6.45) is 1.34. The Balaban J connectivity index is 2.09. The van der Waals surface area contributed by atoms with E-state index in [1.54, 1.807) is 24.3 Å². The second-order valence-electron chi connectivity index (χ2n) is 4.88. The van der Waals surface area contributed by atoms with E-state index in [0.29, 0.717) is 24.0 Å². The number of rotatable bonds is 5. The molecule has 1 aliphatic heterocycles. The number of sulfonamides is 1. The first-order valence-corrected chi connectivity index (χ1v) is 8.61. The number of hydrogen-bond acceptors (Lipinski definition) is 3. The van der Waals surface area contributed by atoms with E-state index in [2.05, 4.69) is 15.9 Å². The number of carboxylic acid groups (broad SMARTS) is 1. The van der Waals surface area contributed by atoms with Crippen molar-refractivity contribution in [3.8, 4) is 0 Å². The van der Waals surface area contributed by atoms with E-state index in [4.69, 9.17) is 5.11 Å². The molecule has 1 aromatic carbocycles. The first-order chi connectivity index (χ1) is 9.41. The molecular weight excluding hydrogens is 346 g/mol. The Labute approximate surface area is 126 Å². The van der Waals surface area contributed by atoms with Crippen LogP contribution in [0.4, 0.5) is 0 Å². The van der Waals surface area contributed by atoms with Crippen molar-refractivity contribution in [2.24, 2.45) is 5.92 Å². The molecule has 0 aliphatic carbocycles. The standard InChI is InChI=1S/C13H16BrNO4S/c14-11-3-1-2-4-12(11)20(18,19)15-8-7-10(9-15)5-6-13(16)17/h1-4,10H,5-9H2,(H,16,17). The summed E-state index contributed by atoms with van der Waals surface area (Å²) in [5.41, 5.74) is 0. The lowest BCUT2D eigenvalue weighted by atomic mass is 10.0. The van der Waals surface area contributed by atoms with E-state index in [0.717, 1.165) is 6.42 Å². The third kappa shape index (κ3) is 3.39. The van der Waals surface area contributed by atoms with Crippen molar-refractivity contribution < 1.29 is 18.3 Å². The van der Waals surface area contributed by atoms with Crippen molar-refractivity contribution in [2.75, 3.05) is 13.1 Å². The summed E-state index contributed by atoms with van der Waals surface area (Å²) in [5.74, 6) is -0.708. The van der Waals surface area contributed by atoms with Crippen LogP contribution in [0.15, 0.2) is 33.6 Å². The Bertz CT molecular complexity index is 602. The number of aliphatic carboxylic acids is 1. The number of hydrogen-bond donors (Lipinski definition) is 1. The predicted molar refractivity (Wildman–Crippen MR) is 77.9 cm³/mol. The Hall–Kier alpha value is -0.920. The summed E-state index contributed by atoms with van der Waals surface area (Å²) in [6, 6.07) is 6.73. The van der Waals surface area contributed by atoms with Gasteiger partial charge in [-0.25, -0.2) is 8.42 Å². The average molecular weight is 362 g/mol. The molecule has 0 amide bonds. The highest BCUT2D eigenvalue weighted by Crippen LogP contribution is 2.30. The van der Waals surface area contributed by atoms with Crippen LogP contribution in [0.1, 0.15) is 19.3 Å². The molecule has 0 saturated carbocycles. The summed E-state index contributed by atoms with van der Waals surface area (Å²) in [4.78, 5) is 10.8. The molecule has 1 heterocycles. The fraction of sp³-hybridized carbons (Fsp3) is 0.462. The molecule has 1 saturated heterocycles. The highest BCUT2D eigenvalue weighted by molar-refractivity contribution is 9.10. The maximum absolute atomic E-state index is 12.5. The van der Waals surface area contributed by atoms with Gasteiger partial charge in [-0.05, 0) is 46.8 Å². The normalized spacial score (nSPS) is 20.1. The van der Waals surface area contributed by atoms with Crippen LogP contribution in [-0.2, 0) is 14.8 Å². The number of carbonyl (C=O) groups is 1. The summed E-state index contributed by atoms with van der Waals surface area (Å²) in [6.45, 7) is 0.852. The van der Waals surface area contributed by atoms with Crippen molar-refractivity contribution in [1.82, 2.24) is 4.31 Å². The van der Waals surface area contributed by atoms with Gasteiger partial charge in [0.25, 0.3) is 0 Å². The Morgan fingerprint density at radius 2 is 2.10 bits per heavy atom. The molecule has 1 N–H and O–H groups in total. The summed E-state index contributed by atoms with van der Waals surface area (Å²) in [5, 5.41) is 8.68. The molecule has 0 bridgehead atoms. The SMILES string of the molecule is O=C(O)CCC1CCN(S(=O)(=O)c2ccccc2Br)C1. The summed E-state index contributed by atoms with van der Waals surface area (Å²) in [7, 11) is -3.50. The third-order valence-electron chi connectivity index (χ3n) is 3.47. The van der Waals surface area contributed by atoms with Gasteiger partial charge in [-0.3, -0.25) is 4.79 Å². The van der Waals surface area contributed by atoms with Gasteiger partial charge in [0.2, 0.25) is 10.0 Å². The van der Waals surface area contributed by atoms with Crippen LogP contribution in [-0.4, -0.2) is 36.9 Å². The van der Waals surface area contributed by atoms with E-state index in [9.17, 15) is 13.2 Å². The average Bonchev–Trinajstić information content (AvgIpc) is 2.86. The van der Waals surface area contributed by atoms with Crippen LogP contribution in [0.3, 0.4) is 0 Å². The minimum atomic E-state index is -3.50. The molecule has 2 rings (SSSR count). The lowest BCUT2D eigenvalue weighted by Crippen LogP contribution is -2.29. The van der Waals surface area contributed by atoms with E-state index in [1.807, 2.05) is 0 Å². The topological polar surface area (TPSA) is 74.7 Å². The van der Waals surface area contributed by atoms with Crippen molar-refractivity contribution in [3.63, 3.8) is 0 Å². The maximum Gasteiger partial charge on any atom is 0.303 e. The molecule has 1 fully saturated rings. The molecule has 1 aliphatic rings. The summed E-state index contributed by atoms with van der Waals surface area (Å²) < 4.78 is 27.0. The molecule has 110 valence electrons. The zero-order chi connectivity index (χ0) is 14.8. The van der Waals surface area contributed by atoms with Crippen molar-refractivity contribution in [1.29, 1.82) is 0 Å². The van der Waals surface area contributed by atoms with Crippen LogP contribution < -0.4 is 0 Å². The van der Waals surface area contributed by atoms with E-state index < -0.39 is 16.0 Å². The van der Waals surface area contributed by atoms with Gasteiger partial charge in [0.1, 0.15) is 0 Å². The van der Waals surface area contributed by atoms with Crippen LogP contribution in [0, 0.1) is 5.92 Å². The summed E-state index contributed by atoms with van der Waals surface area (Å²) >= 11 is 3.26. The van der Waals surface area contributed by atoms with E-state index in [-0.39, 0.29) is 17.2 Å². The highest BCUT2D eigenvalue weighted by atomic mass is 79.9. The van der Waals surface area contributed by atoms with Crippen LogP contribution in [0.25, 0.3) is 0 Å². The minimum absolute atomic E-state index is 0.0909. The number of nitrogens with zero attached hydrogens (tertiary/aromatic N) is 1. The fourth-order valence-electron chi connectivity index (χ4n) is 2.37. The third-order valence-corrected chi connectivity index (χ3v) is 6.35. The Morgan fingerprint density at radius 1 is 1.40 bits per heavy atom. The smallest absolute Gasteiger partial charge is 0.303 e. The van der Waals surface area contributed by atoms with E-state index >= 15 is 0 Å². The van der Waals surface area contributed by atoms with Gasteiger partial charge in [-0.2, -0.15) is 4.31 Å².